The van der Waals surface area contributed by atoms with Gasteiger partial charge in [0.25, 0.3) is 0 Å². The smallest absolute Gasteiger partial charge is 0.241 e. The van der Waals surface area contributed by atoms with Gasteiger partial charge in [-0.2, -0.15) is 0 Å². The van der Waals surface area contributed by atoms with Crippen molar-refractivity contribution in [2.24, 2.45) is 7.05 Å². The van der Waals surface area contributed by atoms with E-state index in [2.05, 4.69) is 31.9 Å². The Morgan fingerprint density at radius 2 is 2.11 bits per heavy atom. The van der Waals surface area contributed by atoms with Crippen LogP contribution >= 0.6 is 0 Å². The molecule has 1 aliphatic carbocycles. The number of aliphatic hydroxyl groups excluding tert-OH is 1. The van der Waals surface area contributed by atoms with Crippen molar-refractivity contribution in [1.29, 1.82) is 0 Å². The minimum Gasteiger partial charge on any atom is -0.389 e. The molecule has 1 saturated carbocycles. The van der Waals surface area contributed by atoms with E-state index >= 15 is 0 Å². The third kappa shape index (κ3) is 3.02. The summed E-state index contributed by atoms with van der Waals surface area (Å²) in [6.45, 7) is 0.956. The van der Waals surface area contributed by atoms with E-state index < -0.39 is 6.10 Å². The molecule has 2 fully saturated rings. The lowest BCUT2D eigenvalue weighted by Crippen LogP contribution is -2.42. The maximum Gasteiger partial charge on any atom is 0.241 e. The Bertz CT molecular complexity index is 977. The Morgan fingerprint density at radius 3 is 2.86 bits per heavy atom. The van der Waals surface area contributed by atoms with Gasteiger partial charge in [-0.15, -0.1) is 10.2 Å². The number of anilines is 1. The summed E-state index contributed by atoms with van der Waals surface area (Å²) in [5.74, 6) is 1.67. The number of tetrazole rings is 1. The summed E-state index contributed by atoms with van der Waals surface area (Å²) in [6.07, 6.45) is 6.68. The molecule has 2 atom stereocenters. The fourth-order valence-corrected chi connectivity index (χ4v) is 4.34. The van der Waals surface area contributed by atoms with Crippen molar-refractivity contribution in [3.63, 3.8) is 0 Å². The van der Waals surface area contributed by atoms with Crippen LogP contribution in [-0.4, -0.2) is 65.3 Å². The van der Waals surface area contributed by atoms with Crippen LogP contribution in [-0.2, 0) is 11.8 Å². The van der Waals surface area contributed by atoms with Gasteiger partial charge in [0.15, 0.2) is 5.82 Å². The molecule has 3 aromatic heterocycles. The Morgan fingerprint density at radius 1 is 1.25 bits per heavy atom. The lowest BCUT2D eigenvalue weighted by molar-refractivity contribution is -0.0136. The first-order valence-electron chi connectivity index (χ1n) is 9.84. The van der Waals surface area contributed by atoms with Gasteiger partial charge in [-0.3, -0.25) is 0 Å². The third-order valence-electron chi connectivity index (χ3n) is 5.80. The zero-order valence-corrected chi connectivity index (χ0v) is 15.8. The number of hydrogen-bond donors (Lipinski definition) is 2. The van der Waals surface area contributed by atoms with Crippen molar-refractivity contribution in [1.82, 2.24) is 34.8 Å². The number of fused-ring (bicyclic) bond motifs is 1. The van der Waals surface area contributed by atoms with Crippen molar-refractivity contribution in [3.8, 4) is 11.4 Å². The molecule has 2 aliphatic rings. The van der Waals surface area contributed by atoms with Crippen LogP contribution in [0.25, 0.3) is 16.9 Å². The lowest BCUT2D eigenvalue weighted by atomic mass is 10.00. The topological polar surface area (TPSA) is 115 Å². The van der Waals surface area contributed by atoms with Crippen LogP contribution in [0.3, 0.4) is 0 Å². The summed E-state index contributed by atoms with van der Waals surface area (Å²) in [5, 5.41) is 30.2. The largest absolute Gasteiger partial charge is 0.389 e. The van der Waals surface area contributed by atoms with E-state index in [1.54, 1.807) is 4.68 Å². The molecule has 2 N–H and O–H groups in total. The van der Waals surface area contributed by atoms with E-state index in [1.807, 2.05) is 17.8 Å². The van der Waals surface area contributed by atoms with Gasteiger partial charge in [0.1, 0.15) is 0 Å². The summed E-state index contributed by atoms with van der Waals surface area (Å²) in [4.78, 5) is 4.47. The number of aliphatic hydroxyl groups is 1. The van der Waals surface area contributed by atoms with Crippen LogP contribution in [0.2, 0.25) is 0 Å². The summed E-state index contributed by atoms with van der Waals surface area (Å²) in [6, 6.07) is 1.95. The van der Waals surface area contributed by atoms with Crippen molar-refractivity contribution in [2.75, 3.05) is 18.5 Å². The number of nitrogens with one attached hydrogen (secondary N) is 1. The van der Waals surface area contributed by atoms with E-state index in [9.17, 15) is 5.11 Å². The monoisotopic (exact) mass is 384 g/mol. The Balaban J connectivity index is 1.57. The molecule has 1 unspecified atom stereocenters. The van der Waals surface area contributed by atoms with Gasteiger partial charge in [-0.1, -0.05) is 12.8 Å². The minimum atomic E-state index is -0.563. The molecule has 10 heteroatoms. The van der Waals surface area contributed by atoms with Crippen LogP contribution < -0.4 is 5.32 Å². The lowest BCUT2D eigenvalue weighted by Gasteiger charge is -2.28. The first-order valence-corrected chi connectivity index (χ1v) is 9.84. The molecule has 1 aliphatic heterocycles. The standard InChI is InChI=1S/C18H24N8O2/c1-25-17(21-23-24-25)13-8-12-9-19-18(20-14-6-7-28-10-15(14)27)22-26(12)16(13)11-4-2-3-5-11/h8-9,11,14-15,27H,2-7,10H2,1H3,(H,20,22)/t14?,15-/m1/s1. The maximum atomic E-state index is 10.2. The number of rotatable bonds is 4. The summed E-state index contributed by atoms with van der Waals surface area (Å²) in [5.41, 5.74) is 3.07. The van der Waals surface area contributed by atoms with Crippen molar-refractivity contribution in [2.45, 2.75) is 50.2 Å². The highest BCUT2D eigenvalue weighted by Crippen LogP contribution is 2.40. The first-order chi connectivity index (χ1) is 13.7. The highest BCUT2D eigenvalue weighted by Gasteiger charge is 2.28. The second-order valence-electron chi connectivity index (χ2n) is 7.65. The Hall–Kier alpha value is -2.59. The zero-order chi connectivity index (χ0) is 19.1. The predicted octanol–water partition coefficient (Wildman–Crippen LogP) is 1.14. The van der Waals surface area contributed by atoms with E-state index in [1.165, 1.54) is 12.8 Å². The first kappa shape index (κ1) is 17.5. The van der Waals surface area contributed by atoms with Gasteiger partial charge in [0.05, 0.1) is 36.2 Å². The van der Waals surface area contributed by atoms with Gasteiger partial charge >= 0.3 is 0 Å². The highest BCUT2D eigenvalue weighted by atomic mass is 16.5. The third-order valence-corrected chi connectivity index (χ3v) is 5.80. The Kier molecular flexibility index (Phi) is 4.44. The number of ether oxygens (including phenoxy) is 1. The second kappa shape index (κ2) is 7.10. The van der Waals surface area contributed by atoms with Gasteiger partial charge in [-0.25, -0.2) is 14.2 Å². The minimum absolute atomic E-state index is 0.112. The predicted molar refractivity (Wildman–Crippen MR) is 101 cm³/mol. The molecule has 0 spiro atoms. The van der Waals surface area contributed by atoms with Gasteiger partial charge in [0.2, 0.25) is 5.95 Å². The van der Waals surface area contributed by atoms with Gasteiger partial charge in [-0.05, 0) is 35.8 Å². The molecule has 28 heavy (non-hydrogen) atoms. The highest BCUT2D eigenvalue weighted by molar-refractivity contribution is 5.69. The summed E-state index contributed by atoms with van der Waals surface area (Å²) < 4.78 is 8.97. The summed E-state index contributed by atoms with van der Waals surface area (Å²) in [7, 11) is 1.85. The number of aryl methyl sites for hydroxylation is 1. The van der Waals surface area contributed by atoms with Crippen LogP contribution in [0.5, 0.6) is 0 Å². The molecule has 0 aromatic carbocycles. The van der Waals surface area contributed by atoms with E-state index in [0.717, 1.165) is 41.9 Å². The zero-order valence-electron chi connectivity index (χ0n) is 15.8. The molecular formula is C18H24N8O2. The number of hydrogen-bond acceptors (Lipinski definition) is 8. The normalized spacial score (nSPS) is 23.5. The van der Waals surface area contributed by atoms with E-state index in [-0.39, 0.29) is 6.04 Å². The molecule has 10 nitrogen and oxygen atoms in total. The fraction of sp³-hybridized carbons (Fsp3) is 0.611. The molecular weight excluding hydrogens is 360 g/mol. The molecule has 148 valence electrons. The van der Waals surface area contributed by atoms with Crippen molar-refractivity contribution >= 4 is 11.5 Å². The van der Waals surface area contributed by atoms with E-state index in [4.69, 9.17) is 9.84 Å². The molecule has 0 bridgehead atoms. The van der Waals surface area contributed by atoms with Gasteiger partial charge in [0, 0.05) is 25.1 Å². The maximum absolute atomic E-state index is 10.2. The van der Waals surface area contributed by atoms with Crippen LogP contribution in [0, 0.1) is 0 Å². The molecule has 3 aromatic rings. The number of aromatic nitrogens is 7. The number of nitrogens with zero attached hydrogens (tertiary/aromatic N) is 7. The van der Waals surface area contributed by atoms with Crippen LogP contribution in [0.4, 0.5) is 5.95 Å². The fourth-order valence-electron chi connectivity index (χ4n) is 4.34. The van der Waals surface area contributed by atoms with E-state index in [0.29, 0.717) is 25.1 Å². The molecule has 4 heterocycles. The average Bonchev–Trinajstić information content (AvgIpc) is 3.42. The molecule has 5 rings (SSSR count). The SMILES string of the molecule is Cn1nnnc1-c1cc2cnc(NC3CCOC[C@H]3O)nn2c1C1CCCC1. The average molecular weight is 384 g/mol. The quantitative estimate of drug-likeness (QED) is 0.688. The summed E-state index contributed by atoms with van der Waals surface area (Å²) >= 11 is 0. The molecule has 0 radical (unpaired) electrons. The van der Waals surface area contributed by atoms with Crippen molar-refractivity contribution < 1.29 is 9.84 Å². The molecule has 0 amide bonds. The van der Waals surface area contributed by atoms with Crippen molar-refractivity contribution in [3.05, 3.63) is 18.0 Å². The molecule has 1 saturated heterocycles. The second-order valence-corrected chi connectivity index (χ2v) is 7.65. The van der Waals surface area contributed by atoms with Crippen LogP contribution in [0.1, 0.15) is 43.7 Å². The van der Waals surface area contributed by atoms with Gasteiger partial charge < -0.3 is 15.2 Å². The van der Waals surface area contributed by atoms with Crippen LogP contribution in [0.15, 0.2) is 12.3 Å². The Labute approximate surface area is 161 Å².